The van der Waals surface area contributed by atoms with E-state index in [1.54, 1.807) is 75.4 Å². The summed E-state index contributed by atoms with van der Waals surface area (Å²) in [5.74, 6) is -0.666. The van der Waals surface area contributed by atoms with Crippen molar-refractivity contribution in [2.24, 2.45) is 4.99 Å². The molecular formula is C35H31BrClFN2O8S. The van der Waals surface area contributed by atoms with Crippen LogP contribution in [0.2, 0.25) is 5.02 Å². The third kappa shape index (κ3) is 7.90. The topological polar surface area (TPSA) is 115 Å². The molecule has 14 heteroatoms. The molecule has 0 unspecified atom stereocenters. The van der Waals surface area contributed by atoms with Crippen molar-refractivity contribution in [3.63, 3.8) is 0 Å². The molecule has 3 aromatic carbocycles. The van der Waals surface area contributed by atoms with Crippen LogP contribution in [0, 0.1) is 5.82 Å². The fraction of sp³-hybridized carbons (Fsp3) is 0.257. The highest BCUT2D eigenvalue weighted by molar-refractivity contribution is 9.10. The molecule has 2 heterocycles. The van der Waals surface area contributed by atoms with Gasteiger partial charge in [-0.2, -0.15) is 0 Å². The number of ether oxygens (including phenoxy) is 5. The molecule has 10 nitrogen and oxygen atoms in total. The van der Waals surface area contributed by atoms with E-state index in [1.807, 2.05) is 0 Å². The number of allylic oxidation sites excluding steroid dienone is 1. The van der Waals surface area contributed by atoms with Gasteiger partial charge < -0.3 is 23.7 Å². The zero-order valence-electron chi connectivity index (χ0n) is 26.9. The Bertz CT molecular complexity index is 2110. The van der Waals surface area contributed by atoms with Gasteiger partial charge in [0.15, 0.2) is 28.7 Å². The maximum absolute atomic E-state index is 14.1. The van der Waals surface area contributed by atoms with E-state index in [9.17, 15) is 18.8 Å². The average Bonchev–Trinajstić information content (AvgIpc) is 3.37. The number of rotatable bonds is 12. The molecule has 0 bridgehead atoms. The standard InChI is InChI=1S/C35H31BrClFN2O8S/c1-5-45-27-16-21(11-12-26(27)47-18-29(41)44-4)31-30(34(43)46-6-2)19(3)39-35-40(31)33(42)28(49-35)15-20-13-23(36)32(24(37)14-20)48-17-22-9-7-8-10-25(22)38/h7-16,31H,5-6,17-18H2,1-4H3/b28-15-/t31-/m1/s1. The monoisotopic (exact) mass is 772 g/mol. The van der Waals surface area contributed by atoms with E-state index < -0.39 is 29.4 Å². The number of methoxy groups -OCH3 is 1. The molecular weight excluding hydrogens is 743 g/mol. The molecule has 0 amide bonds. The van der Waals surface area contributed by atoms with Gasteiger partial charge in [-0.05, 0) is 84.2 Å². The Labute approximate surface area is 298 Å². The molecule has 0 fully saturated rings. The first-order chi connectivity index (χ1) is 23.6. The summed E-state index contributed by atoms with van der Waals surface area (Å²) in [6.45, 7) is 5.20. The van der Waals surface area contributed by atoms with Crippen molar-refractivity contribution >= 4 is 56.9 Å². The van der Waals surface area contributed by atoms with Crippen LogP contribution in [0.5, 0.6) is 17.2 Å². The highest BCUT2D eigenvalue weighted by Crippen LogP contribution is 2.37. The summed E-state index contributed by atoms with van der Waals surface area (Å²) in [6, 6.07) is 13.7. The number of carbonyl (C=O) groups is 2. The maximum atomic E-state index is 14.1. The van der Waals surface area contributed by atoms with E-state index in [-0.39, 0.29) is 42.8 Å². The number of aromatic nitrogens is 1. The van der Waals surface area contributed by atoms with Crippen molar-refractivity contribution in [2.45, 2.75) is 33.4 Å². The number of fused-ring (bicyclic) bond motifs is 1. The van der Waals surface area contributed by atoms with E-state index in [0.717, 1.165) is 11.3 Å². The van der Waals surface area contributed by atoms with Gasteiger partial charge in [0.25, 0.3) is 5.56 Å². The van der Waals surface area contributed by atoms with Gasteiger partial charge in [0, 0.05) is 5.56 Å². The molecule has 49 heavy (non-hydrogen) atoms. The smallest absolute Gasteiger partial charge is 0.343 e. The normalized spacial score (nSPS) is 14.2. The van der Waals surface area contributed by atoms with Crippen LogP contribution in [-0.4, -0.2) is 43.4 Å². The minimum Gasteiger partial charge on any atom is -0.490 e. The summed E-state index contributed by atoms with van der Waals surface area (Å²) in [5.41, 5.74) is 1.67. The second kappa shape index (κ2) is 15.8. The van der Waals surface area contributed by atoms with Crippen molar-refractivity contribution in [2.75, 3.05) is 26.9 Å². The minimum absolute atomic E-state index is 0.0332. The summed E-state index contributed by atoms with van der Waals surface area (Å²) in [7, 11) is 1.26. The Balaban J connectivity index is 1.57. The predicted octanol–water partition coefficient (Wildman–Crippen LogP) is 5.88. The summed E-state index contributed by atoms with van der Waals surface area (Å²) in [5, 5.41) is 0.251. The highest BCUT2D eigenvalue weighted by Gasteiger charge is 2.34. The number of hydrogen-bond acceptors (Lipinski definition) is 10. The highest BCUT2D eigenvalue weighted by atomic mass is 79.9. The van der Waals surface area contributed by atoms with Crippen molar-refractivity contribution in [1.82, 2.24) is 4.57 Å². The summed E-state index contributed by atoms with van der Waals surface area (Å²) >= 11 is 11.2. The van der Waals surface area contributed by atoms with Gasteiger partial charge in [0.2, 0.25) is 0 Å². The molecule has 0 radical (unpaired) electrons. The minimum atomic E-state index is -0.921. The molecule has 1 aromatic heterocycles. The van der Waals surface area contributed by atoms with Crippen LogP contribution in [0.4, 0.5) is 4.39 Å². The maximum Gasteiger partial charge on any atom is 0.343 e. The fourth-order valence-corrected chi connectivity index (χ4v) is 7.14. The number of benzene rings is 3. The van der Waals surface area contributed by atoms with Crippen LogP contribution in [0.15, 0.2) is 80.1 Å². The van der Waals surface area contributed by atoms with Crippen molar-refractivity contribution in [3.8, 4) is 17.2 Å². The third-order valence-corrected chi connectivity index (χ3v) is 9.17. The molecule has 256 valence electrons. The lowest BCUT2D eigenvalue weighted by molar-refractivity contribution is -0.143. The predicted molar refractivity (Wildman–Crippen MR) is 185 cm³/mol. The van der Waals surface area contributed by atoms with E-state index >= 15 is 0 Å². The Hall–Kier alpha value is -4.46. The summed E-state index contributed by atoms with van der Waals surface area (Å²) in [6.07, 6.45) is 1.66. The first-order valence-corrected chi connectivity index (χ1v) is 17.1. The van der Waals surface area contributed by atoms with Gasteiger partial charge in [-0.1, -0.05) is 47.2 Å². The van der Waals surface area contributed by atoms with Crippen LogP contribution in [0.3, 0.4) is 0 Å². The number of nitrogens with zero attached hydrogens (tertiary/aromatic N) is 2. The molecule has 0 saturated heterocycles. The van der Waals surface area contributed by atoms with E-state index in [0.29, 0.717) is 47.7 Å². The lowest BCUT2D eigenvalue weighted by Crippen LogP contribution is -2.40. The lowest BCUT2D eigenvalue weighted by Gasteiger charge is -2.25. The number of esters is 2. The number of thiazole rings is 1. The van der Waals surface area contributed by atoms with E-state index in [2.05, 4.69) is 25.7 Å². The fourth-order valence-electron chi connectivity index (χ4n) is 5.10. The number of hydrogen-bond donors (Lipinski definition) is 0. The van der Waals surface area contributed by atoms with E-state index in [4.69, 9.17) is 30.5 Å². The van der Waals surface area contributed by atoms with Crippen LogP contribution >= 0.6 is 38.9 Å². The van der Waals surface area contributed by atoms with E-state index in [1.165, 1.54) is 17.7 Å². The number of carbonyl (C=O) groups excluding carboxylic acids is 2. The second-order valence-corrected chi connectivity index (χ2v) is 12.8. The number of halogens is 3. The molecule has 0 aliphatic carbocycles. The summed E-state index contributed by atoms with van der Waals surface area (Å²) in [4.78, 5) is 44.2. The van der Waals surface area contributed by atoms with Gasteiger partial charge in [0.05, 0.1) is 51.7 Å². The van der Waals surface area contributed by atoms with Crippen LogP contribution in [0.1, 0.15) is 43.5 Å². The van der Waals surface area contributed by atoms with Gasteiger partial charge >= 0.3 is 11.9 Å². The molecule has 1 aliphatic rings. The van der Waals surface area contributed by atoms with Crippen LogP contribution < -0.4 is 29.1 Å². The third-order valence-electron chi connectivity index (χ3n) is 7.32. The van der Waals surface area contributed by atoms with Crippen LogP contribution in [0.25, 0.3) is 6.08 Å². The largest absolute Gasteiger partial charge is 0.490 e. The van der Waals surface area contributed by atoms with Crippen LogP contribution in [-0.2, 0) is 25.7 Å². The molecule has 5 rings (SSSR count). The zero-order chi connectivity index (χ0) is 35.2. The van der Waals surface area contributed by atoms with Gasteiger partial charge in [-0.25, -0.2) is 19.0 Å². The molecule has 0 N–H and O–H groups in total. The molecule has 0 saturated carbocycles. The zero-order valence-corrected chi connectivity index (χ0v) is 30.0. The molecule has 0 spiro atoms. The quantitative estimate of drug-likeness (QED) is 0.164. The SMILES string of the molecule is CCOC(=O)C1=C(C)N=c2s/c(=C\c3cc(Cl)c(OCc4ccccc4F)c(Br)c3)c(=O)n2[C@@H]1c1ccc(OCC(=O)OC)c(OCC)c1. The Morgan fingerprint density at radius 1 is 1.06 bits per heavy atom. The van der Waals surface area contributed by atoms with Gasteiger partial charge in [0.1, 0.15) is 12.4 Å². The summed E-state index contributed by atoms with van der Waals surface area (Å²) < 4.78 is 43.7. The second-order valence-electron chi connectivity index (χ2n) is 10.5. The van der Waals surface area contributed by atoms with Crippen molar-refractivity contribution in [3.05, 3.63) is 118 Å². The Morgan fingerprint density at radius 3 is 2.53 bits per heavy atom. The van der Waals surface area contributed by atoms with Crippen molar-refractivity contribution < 1.29 is 37.7 Å². The lowest BCUT2D eigenvalue weighted by atomic mass is 9.95. The first kappa shape index (κ1) is 35.8. The Kier molecular flexibility index (Phi) is 11.6. The molecule has 1 atom stereocenters. The van der Waals surface area contributed by atoms with Crippen molar-refractivity contribution in [1.29, 1.82) is 0 Å². The first-order valence-electron chi connectivity index (χ1n) is 15.1. The van der Waals surface area contributed by atoms with Gasteiger partial charge in [-0.3, -0.25) is 9.36 Å². The molecule has 1 aliphatic heterocycles. The Morgan fingerprint density at radius 2 is 1.84 bits per heavy atom. The van der Waals surface area contributed by atoms with Gasteiger partial charge in [-0.15, -0.1) is 0 Å². The average molecular weight is 774 g/mol. The molecule has 4 aromatic rings.